The molecule has 78 valence electrons. The van der Waals surface area contributed by atoms with Gasteiger partial charge in [0.05, 0.1) is 29.7 Å². The van der Waals surface area contributed by atoms with Gasteiger partial charge in [-0.05, 0) is 26.7 Å². The third-order valence-electron chi connectivity index (χ3n) is 2.84. The predicted octanol–water partition coefficient (Wildman–Crippen LogP) is 1.26. The van der Waals surface area contributed by atoms with Gasteiger partial charge in [-0.2, -0.15) is 5.10 Å². The molecule has 0 amide bonds. The zero-order valence-electron chi connectivity index (χ0n) is 8.79. The average Bonchev–Trinajstić information content (AvgIpc) is 2.73. The molecule has 2 rings (SSSR count). The maximum absolute atomic E-state index is 5.85. The highest BCUT2D eigenvalue weighted by atomic mass is 16.5. The van der Waals surface area contributed by atoms with E-state index in [1.54, 1.807) is 0 Å². The lowest BCUT2D eigenvalue weighted by Crippen LogP contribution is -2.17. The third kappa shape index (κ3) is 1.62. The molecule has 1 atom stereocenters. The Morgan fingerprint density at radius 2 is 2.36 bits per heavy atom. The summed E-state index contributed by atoms with van der Waals surface area (Å²) in [6.45, 7) is 5.67. The van der Waals surface area contributed by atoms with Crippen LogP contribution in [0.4, 0.5) is 5.69 Å². The Hall–Kier alpha value is -1.03. The van der Waals surface area contributed by atoms with Gasteiger partial charge in [0.1, 0.15) is 0 Å². The maximum Gasteiger partial charge on any atom is 0.0825 e. The van der Waals surface area contributed by atoms with Crippen molar-refractivity contribution >= 4 is 5.69 Å². The van der Waals surface area contributed by atoms with E-state index in [0.29, 0.717) is 6.10 Å². The van der Waals surface area contributed by atoms with Crippen molar-refractivity contribution < 1.29 is 4.74 Å². The van der Waals surface area contributed by atoms with Crippen LogP contribution in [-0.2, 0) is 11.3 Å². The van der Waals surface area contributed by atoms with Crippen molar-refractivity contribution in [2.45, 2.75) is 39.3 Å². The highest BCUT2D eigenvalue weighted by Gasteiger charge is 2.18. The topological polar surface area (TPSA) is 53.1 Å². The summed E-state index contributed by atoms with van der Waals surface area (Å²) in [6.07, 6.45) is 2.63. The van der Waals surface area contributed by atoms with Crippen LogP contribution in [0.3, 0.4) is 0 Å². The van der Waals surface area contributed by atoms with E-state index in [-0.39, 0.29) is 0 Å². The van der Waals surface area contributed by atoms with E-state index < -0.39 is 0 Å². The van der Waals surface area contributed by atoms with Crippen LogP contribution in [0.15, 0.2) is 0 Å². The van der Waals surface area contributed by atoms with E-state index in [1.807, 2.05) is 18.5 Å². The third-order valence-corrected chi connectivity index (χ3v) is 2.84. The lowest BCUT2D eigenvalue weighted by molar-refractivity contribution is 0.0934. The Bertz CT molecular complexity index is 326. The summed E-state index contributed by atoms with van der Waals surface area (Å²) in [4.78, 5) is 0. The smallest absolute Gasteiger partial charge is 0.0825 e. The van der Waals surface area contributed by atoms with Gasteiger partial charge >= 0.3 is 0 Å². The molecule has 1 fully saturated rings. The Morgan fingerprint density at radius 3 is 2.86 bits per heavy atom. The van der Waals surface area contributed by atoms with Crippen LogP contribution in [0.2, 0.25) is 0 Å². The van der Waals surface area contributed by atoms with Crippen molar-refractivity contribution in [3.8, 4) is 0 Å². The Kier molecular flexibility index (Phi) is 2.46. The van der Waals surface area contributed by atoms with E-state index in [4.69, 9.17) is 10.5 Å². The lowest BCUT2D eigenvalue weighted by Gasteiger charge is -2.10. The van der Waals surface area contributed by atoms with Crippen LogP contribution < -0.4 is 5.73 Å². The van der Waals surface area contributed by atoms with Crippen LogP contribution >= 0.6 is 0 Å². The highest BCUT2D eigenvalue weighted by molar-refractivity contribution is 5.46. The van der Waals surface area contributed by atoms with Crippen molar-refractivity contribution in [3.63, 3.8) is 0 Å². The maximum atomic E-state index is 5.85. The molecule has 2 heterocycles. The standard InChI is InChI=1S/C10H17N3O/c1-7-10(11)8(2)13(12-7)6-9-4-3-5-14-9/h9H,3-6,11H2,1-2H3/t9-/m0/s1. The van der Waals surface area contributed by atoms with Crippen molar-refractivity contribution in [1.82, 2.24) is 9.78 Å². The predicted molar refractivity (Wildman–Crippen MR) is 55.1 cm³/mol. The zero-order chi connectivity index (χ0) is 10.1. The molecule has 2 N–H and O–H groups in total. The van der Waals surface area contributed by atoms with Crippen LogP contribution in [0.1, 0.15) is 24.2 Å². The molecule has 1 aliphatic heterocycles. The average molecular weight is 195 g/mol. The summed E-state index contributed by atoms with van der Waals surface area (Å²) in [5.74, 6) is 0. The first-order valence-electron chi connectivity index (χ1n) is 5.09. The van der Waals surface area contributed by atoms with E-state index in [0.717, 1.165) is 36.6 Å². The number of aromatic nitrogens is 2. The second-order valence-corrected chi connectivity index (χ2v) is 3.90. The number of hydrogen-bond donors (Lipinski definition) is 1. The van der Waals surface area contributed by atoms with E-state index in [2.05, 4.69) is 5.10 Å². The van der Waals surface area contributed by atoms with Gasteiger partial charge in [0.2, 0.25) is 0 Å². The van der Waals surface area contributed by atoms with Crippen molar-refractivity contribution in [1.29, 1.82) is 0 Å². The molecule has 0 aromatic carbocycles. The number of nitrogen functional groups attached to an aromatic ring is 1. The molecule has 0 bridgehead atoms. The molecule has 1 aliphatic rings. The van der Waals surface area contributed by atoms with Gasteiger partial charge < -0.3 is 10.5 Å². The molecular formula is C10H17N3O. The number of ether oxygens (including phenoxy) is 1. The molecule has 4 nitrogen and oxygen atoms in total. The Labute approximate surface area is 84.0 Å². The van der Waals surface area contributed by atoms with Gasteiger partial charge in [0, 0.05) is 6.61 Å². The molecule has 0 aliphatic carbocycles. The van der Waals surface area contributed by atoms with Gasteiger partial charge in [-0.1, -0.05) is 0 Å². The fourth-order valence-corrected chi connectivity index (χ4v) is 1.87. The van der Waals surface area contributed by atoms with Gasteiger partial charge in [0.25, 0.3) is 0 Å². The molecule has 0 spiro atoms. The van der Waals surface area contributed by atoms with Crippen molar-refractivity contribution in [3.05, 3.63) is 11.4 Å². The number of hydrogen-bond acceptors (Lipinski definition) is 3. The van der Waals surface area contributed by atoms with E-state index >= 15 is 0 Å². The normalized spacial score (nSPS) is 21.7. The molecular weight excluding hydrogens is 178 g/mol. The van der Waals surface area contributed by atoms with E-state index in [9.17, 15) is 0 Å². The molecule has 0 saturated carbocycles. The largest absolute Gasteiger partial charge is 0.396 e. The van der Waals surface area contributed by atoms with Gasteiger partial charge in [-0.3, -0.25) is 4.68 Å². The first-order valence-corrected chi connectivity index (χ1v) is 5.09. The highest BCUT2D eigenvalue weighted by Crippen LogP contribution is 2.19. The second-order valence-electron chi connectivity index (χ2n) is 3.90. The number of rotatable bonds is 2. The minimum Gasteiger partial charge on any atom is -0.396 e. The van der Waals surface area contributed by atoms with Gasteiger partial charge in [-0.15, -0.1) is 0 Å². The molecule has 4 heteroatoms. The summed E-state index contributed by atoms with van der Waals surface area (Å²) in [5.41, 5.74) is 8.63. The second kappa shape index (κ2) is 3.61. The Morgan fingerprint density at radius 1 is 1.57 bits per heavy atom. The number of aryl methyl sites for hydroxylation is 1. The van der Waals surface area contributed by atoms with Crippen LogP contribution in [-0.4, -0.2) is 22.5 Å². The van der Waals surface area contributed by atoms with Crippen LogP contribution in [0, 0.1) is 13.8 Å². The van der Waals surface area contributed by atoms with Crippen molar-refractivity contribution in [2.75, 3.05) is 12.3 Å². The summed E-state index contributed by atoms with van der Waals surface area (Å²) < 4.78 is 7.52. The number of nitrogens with two attached hydrogens (primary N) is 1. The summed E-state index contributed by atoms with van der Waals surface area (Å²) in [7, 11) is 0. The summed E-state index contributed by atoms with van der Waals surface area (Å²) in [5, 5.41) is 4.38. The first kappa shape index (κ1) is 9.52. The SMILES string of the molecule is Cc1nn(C[C@@H]2CCCO2)c(C)c1N. The van der Waals surface area contributed by atoms with E-state index in [1.165, 1.54) is 6.42 Å². The quantitative estimate of drug-likeness (QED) is 0.773. The van der Waals surface area contributed by atoms with Crippen molar-refractivity contribution in [2.24, 2.45) is 0 Å². The molecule has 1 aromatic rings. The molecule has 14 heavy (non-hydrogen) atoms. The Balaban J connectivity index is 2.12. The fraction of sp³-hybridized carbons (Fsp3) is 0.700. The minimum atomic E-state index is 0.326. The minimum absolute atomic E-state index is 0.326. The lowest BCUT2D eigenvalue weighted by atomic mass is 10.2. The summed E-state index contributed by atoms with van der Waals surface area (Å²) >= 11 is 0. The van der Waals surface area contributed by atoms with Gasteiger partial charge in [-0.25, -0.2) is 0 Å². The zero-order valence-corrected chi connectivity index (χ0v) is 8.79. The van der Waals surface area contributed by atoms with Crippen LogP contribution in [0.5, 0.6) is 0 Å². The molecule has 1 saturated heterocycles. The molecule has 0 unspecified atom stereocenters. The fourth-order valence-electron chi connectivity index (χ4n) is 1.87. The number of nitrogens with zero attached hydrogens (tertiary/aromatic N) is 2. The van der Waals surface area contributed by atoms with Crippen LogP contribution in [0.25, 0.3) is 0 Å². The molecule has 1 aromatic heterocycles. The molecule has 0 radical (unpaired) electrons. The number of anilines is 1. The first-order chi connectivity index (χ1) is 6.68. The summed E-state index contributed by atoms with van der Waals surface area (Å²) in [6, 6.07) is 0. The van der Waals surface area contributed by atoms with Gasteiger partial charge in [0.15, 0.2) is 0 Å². The monoisotopic (exact) mass is 195 g/mol.